The van der Waals surface area contributed by atoms with Crippen molar-refractivity contribution in [3.8, 4) is 0 Å². The van der Waals surface area contributed by atoms with Crippen molar-refractivity contribution >= 4 is 33.7 Å². The predicted octanol–water partition coefficient (Wildman–Crippen LogP) is 3.00. The molecule has 1 unspecified atom stereocenters. The first kappa shape index (κ1) is 12.9. The molecule has 0 radical (unpaired) electrons. The second kappa shape index (κ2) is 5.09. The number of thiazole rings is 1. The lowest BCUT2D eigenvalue weighted by Crippen LogP contribution is -2.06. The predicted molar refractivity (Wildman–Crippen MR) is 79.7 cm³/mol. The summed E-state index contributed by atoms with van der Waals surface area (Å²) in [6, 6.07) is 3.76. The van der Waals surface area contributed by atoms with Gasteiger partial charge in [0.2, 0.25) is 0 Å². The van der Waals surface area contributed by atoms with Gasteiger partial charge in [0.15, 0.2) is 11.0 Å². The van der Waals surface area contributed by atoms with Crippen molar-refractivity contribution in [1.82, 2.24) is 15.3 Å². The molecule has 0 saturated carbocycles. The summed E-state index contributed by atoms with van der Waals surface area (Å²) in [6.07, 6.45) is 2.93. The van der Waals surface area contributed by atoms with Gasteiger partial charge in [-0.2, -0.15) is 0 Å². The SMILES string of the molecule is CCc1cnc(C(C)Nc2ccc(N)c3nonc23)s1. The van der Waals surface area contributed by atoms with Gasteiger partial charge in [-0.05, 0) is 35.8 Å². The topological polar surface area (TPSA) is 89.9 Å². The summed E-state index contributed by atoms with van der Waals surface area (Å²) in [5.41, 5.74) is 8.46. The molecule has 0 bridgehead atoms. The Morgan fingerprint density at radius 3 is 2.90 bits per heavy atom. The van der Waals surface area contributed by atoms with Crippen LogP contribution in [0.4, 0.5) is 11.4 Å². The molecule has 1 atom stereocenters. The van der Waals surface area contributed by atoms with Crippen LogP contribution in [0.3, 0.4) is 0 Å². The van der Waals surface area contributed by atoms with Crippen molar-refractivity contribution in [3.63, 3.8) is 0 Å². The Kier molecular flexibility index (Phi) is 3.27. The molecule has 0 amide bonds. The van der Waals surface area contributed by atoms with E-state index in [4.69, 9.17) is 10.4 Å². The standard InChI is InChI=1S/C13H15N5OS/c1-3-8-6-15-13(20-8)7(2)16-10-5-4-9(14)11-12(10)18-19-17-11/h4-7,16H,3,14H2,1-2H3. The Morgan fingerprint density at radius 2 is 2.15 bits per heavy atom. The number of fused-ring (bicyclic) bond motifs is 1. The molecular formula is C13H15N5OS. The molecule has 0 aliphatic heterocycles. The van der Waals surface area contributed by atoms with E-state index >= 15 is 0 Å². The Balaban J connectivity index is 1.89. The minimum atomic E-state index is 0.0869. The zero-order valence-electron chi connectivity index (χ0n) is 11.3. The molecular weight excluding hydrogens is 274 g/mol. The molecule has 2 heterocycles. The third-order valence-corrected chi connectivity index (χ3v) is 4.43. The second-order valence-electron chi connectivity index (χ2n) is 4.55. The highest BCUT2D eigenvalue weighted by Gasteiger charge is 2.14. The molecule has 0 fully saturated rings. The largest absolute Gasteiger partial charge is 0.397 e. The molecule has 104 valence electrons. The summed E-state index contributed by atoms with van der Waals surface area (Å²) >= 11 is 1.71. The fourth-order valence-corrected chi connectivity index (χ4v) is 2.84. The summed E-state index contributed by atoms with van der Waals surface area (Å²) in [5.74, 6) is 0. The van der Waals surface area contributed by atoms with E-state index in [0.717, 1.165) is 17.1 Å². The lowest BCUT2D eigenvalue weighted by atomic mass is 10.2. The highest BCUT2D eigenvalue weighted by Crippen LogP contribution is 2.29. The summed E-state index contributed by atoms with van der Waals surface area (Å²) in [4.78, 5) is 5.72. The second-order valence-corrected chi connectivity index (χ2v) is 5.69. The number of anilines is 2. The van der Waals surface area contributed by atoms with Gasteiger partial charge in [-0.25, -0.2) is 9.61 Å². The van der Waals surface area contributed by atoms with Gasteiger partial charge >= 0.3 is 0 Å². The summed E-state index contributed by atoms with van der Waals surface area (Å²) in [5, 5.41) is 12.1. The number of hydrogen-bond acceptors (Lipinski definition) is 7. The molecule has 3 aromatic rings. The van der Waals surface area contributed by atoms with Crippen molar-refractivity contribution in [1.29, 1.82) is 0 Å². The van der Waals surface area contributed by atoms with E-state index in [1.807, 2.05) is 12.3 Å². The maximum absolute atomic E-state index is 5.83. The van der Waals surface area contributed by atoms with Crippen molar-refractivity contribution < 1.29 is 4.63 Å². The third kappa shape index (κ3) is 2.20. The minimum Gasteiger partial charge on any atom is -0.397 e. The van der Waals surface area contributed by atoms with E-state index in [0.29, 0.717) is 16.7 Å². The van der Waals surface area contributed by atoms with Gasteiger partial charge < -0.3 is 11.1 Å². The van der Waals surface area contributed by atoms with Crippen LogP contribution in [-0.2, 0) is 6.42 Å². The van der Waals surface area contributed by atoms with Crippen molar-refractivity contribution in [2.45, 2.75) is 26.3 Å². The monoisotopic (exact) mass is 289 g/mol. The lowest BCUT2D eigenvalue weighted by Gasteiger charge is -2.12. The van der Waals surface area contributed by atoms with Gasteiger partial charge in [0, 0.05) is 11.1 Å². The van der Waals surface area contributed by atoms with Gasteiger partial charge in [-0.3, -0.25) is 0 Å². The van der Waals surface area contributed by atoms with Crippen LogP contribution < -0.4 is 11.1 Å². The minimum absolute atomic E-state index is 0.0869. The number of nitrogens with two attached hydrogens (primary N) is 1. The van der Waals surface area contributed by atoms with Gasteiger partial charge in [0.1, 0.15) is 5.01 Å². The number of benzene rings is 1. The molecule has 3 rings (SSSR count). The van der Waals surface area contributed by atoms with E-state index in [-0.39, 0.29) is 6.04 Å². The number of nitrogens with one attached hydrogen (secondary N) is 1. The number of aryl methyl sites for hydroxylation is 1. The van der Waals surface area contributed by atoms with Gasteiger partial charge in [0.25, 0.3) is 0 Å². The van der Waals surface area contributed by atoms with Crippen LogP contribution in [0.5, 0.6) is 0 Å². The zero-order valence-corrected chi connectivity index (χ0v) is 12.1. The van der Waals surface area contributed by atoms with E-state index in [9.17, 15) is 0 Å². The molecule has 0 spiro atoms. The van der Waals surface area contributed by atoms with Gasteiger partial charge in [0.05, 0.1) is 17.4 Å². The Morgan fingerprint density at radius 1 is 1.35 bits per heavy atom. The average molecular weight is 289 g/mol. The molecule has 2 aromatic heterocycles. The molecule has 0 saturated heterocycles. The maximum Gasteiger partial charge on any atom is 0.160 e. The molecule has 6 nitrogen and oxygen atoms in total. The summed E-state index contributed by atoms with van der Waals surface area (Å²) < 4.78 is 4.76. The first-order chi connectivity index (χ1) is 9.69. The van der Waals surface area contributed by atoms with E-state index in [1.54, 1.807) is 17.4 Å². The lowest BCUT2D eigenvalue weighted by molar-refractivity contribution is 0.315. The first-order valence-electron chi connectivity index (χ1n) is 6.41. The fourth-order valence-electron chi connectivity index (χ4n) is 1.98. The molecule has 0 aliphatic rings. The van der Waals surface area contributed by atoms with Crippen LogP contribution in [0.1, 0.15) is 29.8 Å². The Labute approximate surface area is 120 Å². The average Bonchev–Trinajstić information content (AvgIpc) is 3.10. The Hall–Kier alpha value is -2.15. The van der Waals surface area contributed by atoms with Crippen molar-refractivity contribution in [2.24, 2.45) is 0 Å². The highest BCUT2D eigenvalue weighted by atomic mass is 32.1. The number of rotatable bonds is 4. The van der Waals surface area contributed by atoms with E-state index in [1.165, 1.54) is 4.88 Å². The summed E-state index contributed by atoms with van der Waals surface area (Å²) in [6.45, 7) is 4.19. The maximum atomic E-state index is 5.83. The Bertz CT molecular complexity index is 735. The van der Waals surface area contributed by atoms with Crippen LogP contribution in [0.2, 0.25) is 0 Å². The first-order valence-corrected chi connectivity index (χ1v) is 7.22. The number of nitrogen functional groups attached to an aromatic ring is 1. The number of nitrogens with zero attached hydrogens (tertiary/aromatic N) is 3. The molecule has 3 N–H and O–H groups in total. The van der Waals surface area contributed by atoms with Crippen LogP contribution in [0, 0.1) is 0 Å². The highest BCUT2D eigenvalue weighted by molar-refractivity contribution is 7.11. The van der Waals surface area contributed by atoms with Crippen LogP contribution in [0.25, 0.3) is 11.0 Å². The summed E-state index contributed by atoms with van der Waals surface area (Å²) in [7, 11) is 0. The van der Waals surface area contributed by atoms with Crippen LogP contribution >= 0.6 is 11.3 Å². The van der Waals surface area contributed by atoms with E-state index in [2.05, 4.69) is 34.5 Å². The smallest absolute Gasteiger partial charge is 0.160 e. The number of aromatic nitrogens is 3. The van der Waals surface area contributed by atoms with Crippen LogP contribution in [-0.4, -0.2) is 15.3 Å². The molecule has 7 heteroatoms. The van der Waals surface area contributed by atoms with Gasteiger partial charge in [-0.1, -0.05) is 6.92 Å². The quantitative estimate of drug-likeness (QED) is 0.718. The van der Waals surface area contributed by atoms with E-state index < -0.39 is 0 Å². The number of hydrogen-bond donors (Lipinski definition) is 2. The third-order valence-electron chi connectivity index (χ3n) is 3.11. The molecule has 1 aromatic carbocycles. The normalized spacial score (nSPS) is 12.7. The molecule has 0 aliphatic carbocycles. The van der Waals surface area contributed by atoms with Crippen molar-refractivity contribution in [3.05, 3.63) is 28.2 Å². The molecule has 20 heavy (non-hydrogen) atoms. The van der Waals surface area contributed by atoms with Crippen LogP contribution in [0.15, 0.2) is 23.0 Å². The van der Waals surface area contributed by atoms with Crippen molar-refractivity contribution in [2.75, 3.05) is 11.1 Å². The van der Waals surface area contributed by atoms with Gasteiger partial charge in [-0.15, -0.1) is 11.3 Å². The zero-order chi connectivity index (χ0) is 14.1. The fraction of sp³-hybridized carbons (Fsp3) is 0.308.